The number of ether oxygens (including phenoxy) is 1. The molecule has 4 aromatic rings. The number of hydrogen-bond acceptors (Lipinski definition) is 5. The van der Waals surface area contributed by atoms with Crippen LogP contribution >= 0.6 is 11.6 Å². The molecule has 8 heteroatoms. The lowest BCUT2D eigenvalue weighted by atomic mass is 10.2. The first-order valence-corrected chi connectivity index (χ1v) is 9.07. The highest BCUT2D eigenvalue weighted by Gasteiger charge is 2.24. The highest BCUT2D eigenvalue weighted by molar-refractivity contribution is 6.30. The molecule has 0 unspecified atom stereocenters. The number of halogens is 1. The monoisotopic (exact) mass is 395 g/mol. The standard InChI is InChI=1S/C20H18ClN5O2/c1-28-11-10-23-20(27)16-17-19(25-15-5-3-2-4-14(15)24-17)26(18(16)22)13-8-6-12(21)7-9-13/h2-9H,10-11,22H2,1H3,(H,23,27). The molecule has 0 spiro atoms. The Morgan fingerprint density at radius 1 is 1.14 bits per heavy atom. The number of benzene rings is 2. The lowest BCUT2D eigenvalue weighted by Gasteiger charge is -2.08. The van der Waals surface area contributed by atoms with Gasteiger partial charge in [0.1, 0.15) is 16.9 Å². The van der Waals surface area contributed by atoms with Crippen LogP contribution in [0.15, 0.2) is 48.5 Å². The summed E-state index contributed by atoms with van der Waals surface area (Å²) in [5.41, 5.74) is 9.81. The summed E-state index contributed by atoms with van der Waals surface area (Å²) in [7, 11) is 1.57. The molecule has 0 aliphatic heterocycles. The van der Waals surface area contributed by atoms with Crippen LogP contribution in [0.3, 0.4) is 0 Å². The molecule has 3 N–H and O–H groups in total. The molecule has 28 heavy (non-hydrogen) atoms. The SMILES string of the molecule is COCCNC(=O)c1c(N)n(-c2ccc(Cl)cc2)c2nc3ccccc3nc12. The lowest BCUT2D eigenvalue weighted by Crippen LogP contribution is -2.27. The first-order valence-electron chi connectivity index (χ1n) is 8.70. The van der Waals surface area contributed by atoms with Crippen molar-refractivity contribution in [3.8, 4) is 5.69 Å². The Morgan fingerprint density at radius 3 is 2.50 bits per heavy atom. The van der Waals surface area contributed by atoms with Gasteiger partial charge < -0.3 is 15.8 Å². The number of nitrogens with one attached hydrogen (secondary N) is 1. The van der Waals surface area contributed by atoms with Gasteiger partial charge in [-0.2, -0.15) is 0 Å². The second-order valence-corrected chi connectivity index (χ2v) is 6.64. The van der Waals surface area contributed by atoms with Crippen LogP contribution < -0.4 is 11.1 Å². The lowest BCUT2D eigenvalue weighted by molar-refractivity contribution is 0.0939. The predicted octanol–water partition coefficient (Wildman–Crippen LogP) is 3.19. The van der Waals surface area contributed by atoms with Crippen molar-refractivity contribution >= 4 is 45.5 Å². The number of nitrogens with zero attached hydrogens (tertiary/aromatic N) is 3. The molecule has 0 radical (unpaired) electrons. The van der Waals surface area contributed by atoms with Crippen LogP contribution in [-0.2, 0) is 4.74 Å². The van der Waals surface area contributed by atoms with Crippen molar-refractivity contribution in [3.05, 3.63) is 59.1 Å². The highest BCUT2D eigenvalue weighted by Crippen LogP contribution is 2.31. The van der Waals surface area contributed by atoms with E-state index in [1.54, 1.807) is 23.8 Å². The number of carbonyl (C=O) groups is 1. The van der Waals surface area contributed by atoms with Crippen molar-refractivity contribution in [3.63, 3.8) is 0 Å². The van der Waals surface area contributed by atoms with Gasteiger partial charge >= 0.3 is 0 Å². The largest absolute Gasteiger partial charge is 0.384 e. The topological polar surface area (TPSA) is 95.1 Å². The van der Waals surface area contributed by atoms with Gasteiger partial charge in [-0.15, -0.1) is 0 Å². The fourth-order valence-electron chi connectivity index (χ4n) is 3.09. The van der Waals surface area contributed by atoms with Crippen molar-refractivity contribution in [2.24, 2.45) is 0 Å². The molecule has 2 heterocycles. The number of nitrogen functional groups attached to an aromatic ring is 1. The molecule has 2 aromatic heterocycles. The number of hydrogen-bond donors (Lipinski definition) is 2. The number of anilines is 1. The molecule has 4 rings (SSSR count). The van der Waals surface area contributed by atoms with Crippen LogP contribution in [0.5, 0.6) is 0 Å². The zero-order valence-corrected chi connectivity index (χ0v) is 15.9. The molecule has 0 fully saturated rings. The van der Waals surface area contributed by atoms with Gasteiger partial charge in [0.2, 0.25) is 0 Å². The summed E-state index contributed by atoms with van der Waals surface area (Å²) in [6.45, 7) is 0.763. The molecule has 0 atom stereocenters. The van der Waals surface area contributed by atoms with Gasteiger partial charge in [0.15, 0.2) is 5.65 Å². The summed E-state index contributed by atoms with van der Waals surface area (Å²) >= 11 is 6.02. The van der Waals surface area contributed by atoms with E-state index in [-0.39, 0.29) is 11.7 Å². The van der Waals surface area contributed by atoms with Gasteiger partial charge in [-0.1, -0.05) is 23.7 Å². The molecule has 142 valence electrons. The van der Waals surface area contributed by atoms with E-state index in [1.165, 1.54) is 0 Å². The van der Waals surface area contributed by atoms with E-state index >= 15 is 0 Å². The van der Waals surface area contributed by atoms with Gasteiger partial charge in [0.05, 0.1) is 17.6 Å². The number of fused-ring (bicyclic) bond motifs is 2. The number of rotatable bonds is 5. The Balaban J connectivity index is 1.97. The Bertz CT molecular complexity index is 1170. The van der Waals surface area contributed by atoms with Crippen molar-refractivity contribution < 1.29 is 9.53 Å². The smallest absolute Gasteiger partial charge is 0.257 e. The van der Waals surface area contributed by atoms with Crippen LogP contribution in [0.1, 0.15) is 10.4 Å². The Morgan fingerprint density at radius 2 is 1.82 bits per heavy atom. The molecule has 0 aliphatic carbocycles. The van der Waals surface area contributed by atoms with E-state index < -0.39 is 0 Å². The van der Waals surface area contributed by atoms with E-state index in [9.17, 15) is 4.79 Å². The van der Waals surface area contributed by atoms with Gasteiger partial charge in [-0.3, -0.25) is 9.36 Å². The minimum absolute atomic E-state index is 0.266. The molecule has 0 aliphatic rings. The van der Waals surface area contributed by atoms with Crippen molar-refractivity contribution in [2.75, 3.05) is 26.0 Å². The quantitative estimate of drug-likeness (QED) is 0.506. The van der Waals surface area contributed by atoms with Crippen molar-refractivity contribution in [2.45, 2.75) is 0 Å². The highest BCUT2D eigenvalue weighted by atomic mass is 35.5. The maximum absolute atomic E-state index is 12.8. The third kappa shape index (κ3) is 3.15. The number of para-hydroxylation sites is 2. The van der Waals surface area contributed by atoms with Crippen LogP contribution in [0, 0.1) is 0 Å². The summed E-state index contributed by atoms with van der Waals surface area (Å²) in [5.74, 6) is -0.0561. The van der Waals surface area contributed by atoms with E-state index in [0.717, 1.165) is 5.69 Å². The first-order chi connectivity index (χ1) is 13.6. The van der Waals surface area contributed by atoms with Gasteiger partial charge in [0, 0.05) is 24.4 Å². The van der Waals surface area contributed by atoms with Crippen molar-refractivity contribution in [1.29, 1.82) is 0 Å². The molecule has 1 amide bonds. The summed E-state index contributed by atoms with van der Waals surface area (Å²) in [5, 5.41) is 3.41. The van der Waals surface area contributed by atoms with E-state index in [2.05, 4.69) is 10.3 Å². The number of aromatic nitrogens is 3. The van der Waals surface area contributed by atoms with Crippen LogP contribution in [0.4, 0.5) is 5.82 Å². The predicted molar refractivity (Wildman–Crippen MR) is 110 cm³/mol. The Hall–Kier alpha value is -3.16. The number of carbonyl (C=O) groups excluding carboxylic acids is 1. The number of amides is 1. The molecule has 0 saturated carbocycles. The molecule has 0 saturated heterocycles. The van der Waals surface area contributed by atoms with Crippen LogP contribution in [0.25, 0.3) is 27.9 Å². The molecule has 0 bridgehead atoms. The van der Waals surface area contributed by atoms with Crippen LogP contribution in [0.2, 0.25) is 5.02 Å². The average Bonchev–Trinajstić information content (AvgIpc) is 2.98. The minimum atomic E-state index is -0.322. The number of methoxy groups -OCH3 is 1. The number of nitrogens with two attached hydrogens (primary N) is 1. The second-order valence-electron chi connectivity index (χ2n) is 6.21. The maximum Gasteiger partial charge on any atom is 0.257 e. The fraction of sp³-hybridized carbons (Fsp3) is 0.150. The molecule has 7 nitrogen and oxygen atoms in total. The summed E-state index contributed by atoms with van der Waals surface area (Å²) in [6.07, 6.45) is 0. The van der Waals surface area contributed by atoms with Gasteiger partial charge in [-0.05, 0) is 36.4 Å². The Labute approximate surface area is 166 Å². The third-order valence-corrected chi connectivity index (χ3v) is 4.65. The zero-order chi connectivity index (χ0) is 19.7. The minimum Gasteiger partial charge on any atom is -0.384 e. The maximum atomic E-state index is 12.8. The Kier molecular flexibility index (Phi) is 4.85. The van der Waals surface area contributed by atoms with Gasteiger partial charge in [-0.25, -0.2) is 9.97 Å². The first kappa shape index (κ1) is 18.2. The molecule has 2 aromatic carbocycles. The summed E-state index contributed by atoms with van der Waals surface area (Å²) in [6, 6.07) is 14.6. The van der Waals surface area contributed by atoms with Gasteiger partial charge in [0.25, 0.3) is 5.91 Å². The third-order valence-electron chi connectivity index (χ3n) is 4.40. The van der Waals surface area contributed by atoms with E-state index in [1.807, 2.05) is 36.4 Å². The summed E-state index contributed by atoms with van der Waals surface area (Å²) < 4.78 is 6.72. The molecular weight excluding hydrogens is 378 g/mol. The van der Waals surface area contributed by atoms with Crippen LogP contribution in [-0.4, -0.2) is 40.7 Å². The fourth-order valence-corrected chi connectivity index (χ4v) is 3.22. The molecular formula is C20H18ClN5O2. The second kappa shape index (κ2) is 7.46. The summed E-state index contributed by atoms with van der Waals surface area (Å²) in [4.78, 5) is 22.2. The normalized spacial score (nSPS) is 11.2. The van der Waals surface area contributed by atoms with Crippen molar-refractivity contribution in [1.82, 2.24) is 19.9 Å². The van der Waals surface area contributed by atoms with E-state index in [0.29, 0.717) is 45.9 Å². The van der Waals surface area contributed by atoms with E-state index in [4.69, 9.17) is 27.1 Å². The zero-order valence-electron chi connectivity index (χ0n) is 15.1. The average molecular weight is 396 g/mol.